The Kier molecular flexibility index (Phi) is 4.96. The van der Waals surface area contributed by atoms with E-state index in [1.165, 1.54) is 18.5 Å². The van der Waals surface area contributed by atoms with Crippen molar-refractivity contribution in [1.29, 1.82) is 0 Å². The van der Waals surface area contributed by atoms with Gasteiger partial charge in [0.1, 0.15) is 5.75 Å². The van der Waals surface area contributed by atoms with Gasteiger partial charge in [-0.3, -0.25) is 24.3 Å². The minimum absolute atomic E-state index is 0.0431. The Morgan fingerprint density at radius 3 is 2.83 bits per heavy atom. The summed E-state index contributed by atoms with van der Waals surface area (Å²) in [7, 11) is 0. The SMILES string of the molecule is CCCn1cc(N2Cc3nc(-c4cncc(OC(F)F)c4)cc(C)c3C2=O)cn1. The zero-order valence-electron chi connectivity index (χ0n) is 16.0. The van der Waals surface area contributed by atoms with E-state index >= 15 is 0 Å². The molecule has 4 heterocycles. The maximum atomic E-state index is 12.9. The van der Waals surface area contributed by atoms with Crippen LogP contribution in [0.1, 0.15) is 35.0 Å². The molecule has 3 aromatic rings. The number of carbonyl (C=O) groups is 1. The van der Waals surface area contributed by atoms with E-state index in [0.29, 0.717) is 29.1 Å². The smallest absolute Gasteiger partial charge is 0.387 e. The van der Waals surface area contributed by atoms with Crippen molar-refractivity contribution in [3.8, 4) is 17.0 Å². The predicted octanol–water partition coefficient (Wildman–Crippen LogP) is 3.82. The van der Waals surface area contributed by atoms with E-state index in [-0.39, 0.29) is 11.7 Å². The number of alkyl halides is 2. The first-order chi connectivity index (χ1) is 14.0. The Hall–Kier alpha value is -3.36. The minimum Gasteiger partial charge on any atom is -0.433 e. The van der Waals surface area contributed by atoms with Gasteiger partial charge in [-0.1, -0.05) is 6.92 Å². The molecule has 0 radical (unpaired) electrons. The number of hydrogen-bond donors (Lipinski definition) is 0. The van der Waals surface area contributed by atoms with Crippen LogP contribution in [0.15, 0.2) is 36.9 Å². The molecule has 1 aliphatic heterocycles. The van der Waals surface area contributed by atoms with Gasteiger partial charge in [0, 0.05) is 24.5 Å². The lowest BCUT2D eigenvalue weighted by Gasteiger charge is -2.12. The summed E-state index contributed by atoms with van der Waals surface area (Å²) in [4.78, 5) is 23.1. The van der Waals surface area contributed by atoms with E-state index in [2.05, 4.69) is 26.7 Å². The number of nitrogens with zero attached hydrogens (tertiary/aromatic N) is 5. The molecular weight excluding hydrogens is 380 g/mol. The van der Waals surface area contributed by atoms with Crippen LogP contribution >= 0.6 is 0 Å². The van der Waals surface area contributed by atoms with Crippen LogP contribution in [0, 0.1) is 6.92 Å². The lowest BCUT2D eigenvalue weighted by Crippen LogP contribution is -2.22. The van der Waals surface area contributed by atoms with Crippen molar-refractivity contribution >= 4 is 11.6 Å². The number of aromatic nitrogens is 4. The summed E-state index contributed by atoms with van der Waals surface area (Å²) >= 11 is 0. The summed E-state index contributed by atoms with van der Waals surface area (Å²) in [5, 5.41) is 4.29. The van der Waals surface area contributed by atoms with Crippen LogP contribution in [-0.2, 0) is 13.1 Å². The molecule has 0 aromatic carbocycles. The lowest BCUT2D eigenvalue weighted by atomic mass is 10.1. The van der Waals surface area contributed by atoms with E-state index in [4.69, 9.17) is 0 Å². The Bertz CT molecular complexity index is 1070. The maximum Gasteiger partial charge on any atom is 0.387 e. The summed E-state index contributed by atoms with van der Waals surface area (Å²) in [6, 6.07) is 3.21. The van der Waals surface area contributed by atoms with E-state index < -0.39 is 6.61 Å². The molecule has 0 atom stereocenters. The zero-order valence-corrected chi connectivity index (χ0v) is 16.0. The van der Waals surface area contributed by atoms with Gasteiger partial charge in [0.05, 0.1) is 41.6 Å². The number of pyridine rings is 2. The van der Waals surface area contributed by atoms with Crippen LogP contribution < -0.4 is 9.64 Å². The molecule has 29 heavy (non-hydrogen) atoms. The molecule has 0 unspecified atom stereocenters. The molecule has 0 bridgehead atoms. The van der Waals surface area contributed by atoms with Crippen LogP contribution in [0.4, 0.5) is 14.5 Å². The monoisotopic (exact) mass is 399 g/mol. The zero-order chi connectivity index (χ0) is 20.5. The van der Waals surface area contributed by atoms with Crippen molar-refractivity contribution in [3.05, 3.63) is 53.7 Å². The summed E-state index contributed by atoms with van der Waals surface area (Å²) in [6.45, 7) is 2.06. The summed E-state index contributed by atoms with van der Waals surface area (Å²) in [6.07, 6.45) is 7.20. The molecule has 1 amide bonds. The van der Waals surface area contributed by atoms with Crippen molar-refractivity contribution < 1.29 is 18.3 Å². The first-order valence-corrected chi connectivity index (χ1v) is 9.21. The standard InChI is InChI=1S/C20H19F2N5O2/c1-3-4-26-10-14(8-24-26)27-11-17-18(19(27)28)12(2)5-16(25-17)13-6-15(9-23-7-13)29-20(21)22/h5-10,20H,3-4,11H2,1-2H3. The number of fused-ring (bicyclic) bond motifs is 1. The van der Waals surface area contributed by atoms with Gasteiger partial charge in [-0.05, 0) is 31.0 Å². The molecule has 0 spiro atoms. The van der Waals surface area contributed by atoms with Gasteiger partial charge in [0.25, 0.3) is 5.91 Å². The fraction of sp³-hybridized carbons (Fsp3) is 0.300. The quantitative estimate of drug-likeness (QED) is 0.630. The molecule has 1 aliphatic rings. The van der Waals surface area contributed by atoms with Crippen LogP contribution in [0.2, 0.25) is 0 Å². The number of carbonyl (C=O) groups excluding carboxylic acids is 1. The van der Waals surface area contributed by atoms with Crippen LogP contribution in [-0.4, -0.2) is 32.3 Å². The molecule has 0 saturated carbocycles. The number of aryl methyl sites for hydroxylation is 2. The molecule has 0 fully saturated rings. The van der Waals surface area contributed by atoms with Gasteiger partial charge in [0.15, 0.2) is 0 Å². The summed E-state index contributed by atoms with van der Waals surface area (Å²) in [5.74, 6) is -0.168. The largest absolute Gasteiger partial charge is 0.433 e. The molecule has 0 N–H and O–H groups in total. The third-order valence-corrected chi connectivity index (χ3v) is 4.68. The van der Waals surface area contributed by atoms with Gasteiger partial charge in [-0.15, -0.1) is 0 Å². The van der Waals surface area contributed by atoms with Crippen LogP contribution in [0.5, 0.6) is 5.75 Å². The number of halogens is 2. The number of amides is 1. The van der Waals surface area contributed by atoms with E-state index in [0.717, 1.165) is 24.2 Å². The summed E-state index contributed by atoms with van der Waals surface area (Å²) in [5.41, 5.74) is 3.76. The highest BCUT2D eigenvalue weighted by atomic mass is 19.3. The number of ether oxygens (including phenoxy) is 1. The van der Waals surface area contributed by atoms with Gasteiger partial charge < -0.3 is 4.74 Å². The molecule has 3 aromatic heterocycles. The highest BCUT2D eigenvalue weighted by Crippen LogP contribution is 2.32. The van der Waals surface area contributed by atoms with Gasteiger partial charge >= 0.3 is 6.61 Å². The first-order valence-electron chi connectivity index (χ1n) is 9.21. The molecule has 4 rings (SSSR count). The minimum atomic E-state index is -2.93. The highest BCUT2D eigenvalue weighted by Gasteiger charge is 2.32. The highest BCUT2D eigenvalue weighted by molar-refractivity contribution is 6.10. The van der Waals surface area contributed by atoms with E-state index in [9.17, 15) is 13.6 Å². The Balaban J connectivity index is 1.66. The number of hydrogen-bond acceptors (Lipinski definition) is 5. The predicted molar refractivity (Wildman–Crippen MR) is 102 cm³/mol. The van der Waals surface area contributed by atoms with Crippen LogP contribution in [0.25, 0.3) is 11.3 Å². The second-order valence-electron chi connectivity index (χ2n) is 6.79. The van der Waals surface area contributed by atoms with Crippen molar-refractivity contribution in [3.63, 3.8) is 0 Å². The van der Waals surface area contributed by atoms with Gasteiger partial charge in [-0.2, -0.15) is 13.9 Å². The number of rotatable bonds is 6. The first kappa shape index (κ1) is 19.0. The van der Waals surface area contributed by atoms with Crippen molar-refractivity contribution in [2.75, 3.05) is 4.90 Å². The van der Waals surface area contributed by atoms with Gasteiger partial charge in [-0.25, -0.2) is 0 Å². The molecule has 9 heteroatoms. The van der Waals surface area contributed by atoms with Crippen molar-refractivity contribution in [1.82, 2.24) is 19.7 Å². The average molecular weight is 399 g/mol. The second kappa shape index (κ2) is 7.57. The molecule has 7 nitrogen and oxygen atoms in total. The topological polar surface area (TPSA) is 73.1 Å². The van der Waals surface area contributed by atoms with Crippen molar-refractivity contribution in [2.24, 2.45) is 0 Å². The Morgan fingerprint density at radius 2 is 2.07 bits per heavy atom. The molecular formula is C20H19F2N5O2. The molecule has 0 aliphatic carbocycles. The Morgan fingerprint density at radius 1 is 1.24 bits per heavy atom. The fourth-order valence-electron chi connectivity index (χ4n) is 3.43. The second-order valence-corrected chi connectivity index (χ2v) is 6.79. The number of anilines is 1. The van der Waals surface area contributed by atoms with Gasteiger partial charge in [0.2, 0.25) is 0 Å². The van der Waals surface area contributed by atoms with Crippen molar-refractivity contribution in [2.45, 2.75) is 40.0 Å². The Labute approximate surface area is 166 Å². The maximum absolute atomic E-state index is 12.9. The average Bonchev–Trinajstić information content (AvgIpc) is 3.26. The third-order valence-electron chi connectivity index (χ3n) is 4.68. The fourth-order valence-corrected chi connectivity index (χ4v) is 3.43. The third kappa shape index (κ3) is 3.67. The van der Waals surface area contributed by atoms with E-state index in [1.54, 1.807) is 21.8 Å². The van der Waals surface area contributed by atoms with Crippen LogP contribution in [0.3, 0.4) is 0 Å². The molecule has 150 valence electrons. The normalized spacial score (nSPS) is 13.3. The molecule has 0 saturated heterocycles. The van der Waals surface area contributed by atoms with E-state index in [1.807, 2.05) is 13.1 Å². The summed E-state index contributed by atoms with van der Waals surface area (Å²) < 4.78 is 31.2. The lowest BCUT2D eigenvalue weighted by molar-refractivity contribution is -0.0500.